The number of likely N-dealkylation sites (N-methyl/N-ethyl adjacent to an activating group) is 1. The number of anilines is 1. The smallest absolute Gasteiger partial charge is 0.213 e. The minimum Gasteiger partial charge on any atom is -1.00 e. The predicted octanol–water partition coefficient (Wildman–Crippen LogP) is 2.64. The molecule has 4 rings (SSSR count). The van der Waals surface area contributed by atoms with Crippen molar-refractivity contribution in [3.8, 4) is 0 Å². The van der Waals surface area contributed by atoms with Crippen molar-refractivity contribution >= 4 is 22.7 Å². The van der Waals surface area contributed by atoms with E-state index in [1.54, 1.807) is 0 Å². The lowest BCUT2D eigenvalue weighted by Crippen LogP contribution is -3.00. The molecule has 1 aromatic heterocycles. The molecule has 3 aromatic rings. The van der Waals surface area contributed by atoms with Crippen LogP contribution in [0.3, 0.4) is 0 Å². The van der Waals surface area contributed by atoms with Gasteiger partial charge in [-0.15, -0.1) is 0 Å². The van der Waals surface area contributed by atoms with Gasteiger partial charge in [-0.1, -0.05) is 56.8 Å². The molecule has 29 heavy (non-hydrogen) atoms. The monoisotopic (exact) mass is 494 g/mol. The zero-order chi connectivity index (χ0) is 19.7. The summed E-state index contributed by atoms with van der Waals surface area (Å²) in [6.45, 7) is 9.31. The Morgan fingerprint density at radius 3 is 2.48 bits per heavy atom. The predicted molar refractivity (Wildman–Crippen MR) is 119 cm³/mol. The fraction of sp³-hybridized carbons (Fsp3) is 0.192. The number of allylic oxidation sites excluding steroid dienone is 4. The summed E-state index contributed by atoms with van der Waals surface area (Å²) in [6, 6.07) is 21.5. The molecule has 1 aliphatic rings. The Hall–Kier alpha value is -2.40. The third-order valence-electron chi connectivity index (χ3n) is 5.75. The van der Waals surface area contributed by atoms with E-state index >= 15 is 0 Å². The quantitative estimate of drug-likeness (QED) is 0.308. The van der Waals surface area contributed by atoms with Gasteiger partial charge in [0.2, 0.25) is 11.2 Å². The Morgan fingerprint density at radius 2 is 1.72 bits per heavy atom. The Balaban J connectivity index is 0.00000240. The van der Waals surface area contributed by atoms with Gasteiger partial charge in [0.15, 0.2) is 6.54 Å². The number of nitrogens with zero attached hydrogens (tertiary/aromatic N) is 2. The standard InChI is InChI=1S/C26H27N2.HI/c1-5-19-28-21(18-17-20-11-6-8-14-23(20)28)12-10-16-25-26(2,3)22-13-7-9-15-24(22)27(25)4;/h5-18H,1,19H2,2-4H3;1H/q+1;/p-1. The van der Waals surface area contributed by atoms with Crippen LogP contribution in [0.5, 0.6) is 0 Å². The molecule has 2 nitrogen and oxygen atoms in total. The van der Waals surface area contributed by atoms with Crippen molar-refractivity contribution in [3.63, 3.8) is 0 Å². The number of pyridine rings is 1. The highest BCUT2D eigenvalue weighted by Crippen LogP contribution is 2.46. The van der Waals surface area contributed by atoms with Crippen molar-refractivity contribution in [2.24, 2.45) is 0 Å². The molecule has 0 atom stereocenters. The van der Waals surface area contributed by atoms with Gasteiger partial charge >= 0.3 is 0 Å². The number of fused-ring (bicyclic) bond motifs is 2. The van der Waals surface area contributed by atoms with E-state index < -0.39 is 0 Å². The van der Waals surface area contributed by atoms with Crippen molar-refractivity contribution < 1.29 is 28.5 Å². The van der Waals surface area contributed by atoms with E-state index in [2.05, 4.69) is 116 Å². The minimum absolute atomic E-state index is 0. The Kier molecular flexibility index (Phi) is 6.27. The van der Waals surface area contributed by atoms with Crippen LogP contribution in [0.4, 0.5) is 5.69 Å². The summed E-state index contributed by atoms with van der Waals surface area (Å²) in [7, 11) is 2.15. The first-order valence-corrected chi connectivity index (χ1v) is 9.78. The van der Waals surface area contributed by atoms with Crippen LogP contribution in [0.15, 0.2) is 91.2 Å². The molecular formula is C26H27IN2. The third-order valence-corrected chi connectivity index (χ3v) is 5.75. The summed E-state index contributed by atoms with van der Waals surface area (Å²) >= 11 is 0. The molecule has 0 N–H and O–H groups in total. The van der Waals surface area contributed by atoms with E-state index in [4.69, 9.17) is 0 Å². The Morgan fingerprint density at radius 1 is 1.00 bits per heavy atom. The van der Waals surface area contributed by atoms with Crippen molar-refractivity contribution in [1.82, 2.24) is 0 Å². The van der Waals surface area contributed by atoms with E-state index in [1.165, 1.54) is 33.5 Å². The maximum absolute atomic E-state index is 3.94. The molecular weight excluding hydrogens is 467 g/mol. The fourth-order valence-electron chi connectivity index (χ4n) is 4.30. The lowest BCUT2D eigenvalue weighted by atomic mass is 9.84. The van der Waals surface area contributed by atoms with Crippen molar-refractivity contribution in [2.75, 3.05) is 11.9 Å². The molecule has 0 spiro atoms. The molecule has 2 heterocycles. The Labute approximate surface area is 190 Å². The second-order valence-corrected chi connectivity index (χ2v) is 7.83. The van der Waals surface area contributed by atoms with E-state index in [1.807, 2.05) is 6.08 Å². The molecule has 1 aliphatic heterocycles. The summed E-state index contributed by atoms with van der Waals surface area (Å²) in [4.78, 5) is 2.30. The number of hydrogen-bond acceptors (Lipinski definition) is 1. The van der Waals surface area contributed by atoms with Crippen LogP contribution in [0.25, 0.3) is 17.0 Å². The number of aromatic nitrogens is 1. The van der Waals surface area contributed by atoms with Crippen molar-refractivity contribution in [3.05, 3.63) is 102 Å². The maximum atomic E-state index is 3.94. The molecule has 148 valence electrons. The van der Waals surface area contributed by atoms with E-state index in [0.717, 1.165) is 6.54 Å². The van der Waals surface area contributed by atoms with Gasteiger partial charge in [0.1, 0.15) is 0 Å². The molecule has 3 heteroatoms. The first kappa shape index (κ1) is 21.3. The molecule has 0 saturated carbocycles. The first-order chi connectivity index (χ1) is 13.5. The zero-order valence-electron chi connectivity index (χ0n) is 17.3. The molecule has 0 saturated heterocycles. The summed E-state index contributed by atoms with van der Waals surface area (Å²) in [5.74, 6) is 0. The van der Waals surface area contributed by atoms with Gasteiger partial charge in [0, 0.05) is 47.4 Å². The summed E-state index contributed by atoms with van der Waals surface area (Å²) < 4.78 is 2.30. The van der Waals surface area contributed by atoms with Gasteiger partial charge in [-0.3, -0.25) is 0 Å². The van der Waals surface area contributed by atoms with Gasteiger partial charge in [0.25, 0.3) is 0 Å². The van der Waals surface area contributed by atoms with E-state index in [-0.39, 0.29) is 29.4 Å². The average Bonchev–Trinajstić information content (AvgIpc) is 2.90. The summed E-state index contributed by atoms with van der Waals surface area (Å²) in [5.41, 5.74) is 6.37. The van der Waals surface area contributed by atoms with Crippen LogP contribution in [0.1, 0.15) is 25.1 Å². The Bertz CT molecular complexity index is 1110. The number of benzene rings is 2. The lowest BCUT2D eigenvalue weighted by molar-refractivity contribution is -0.662. The molecule has 2 aromatic carbocycles. The van der Waals surface area contributed by atoms with Crippen LogP contribution in [0, 0.1) is 0 Å². The molecule has 0 fully saturated rings. The van der Waals surface area contributed by atoms with Gasteiger partial charge in [-0.2, -0.15) is 4.57 Å². The highest BCUT2D eigenvalue weighted by molar-refractivity contribution is 5.76. The second kappa shape index (κ2) is 8.54. The fourth-order valence-corrected chi connectivity index (χ4v) is 4.30. The van der Waals surface area contributed by atoms with Gasteiger partial charge in [-0.25, -0.2) is 0 Å². The molecule has 0 amide bonds. The van der Waals surface area contributed by atoms with E-state index in [9.17, 15) is 0 Å². The highest BCUT2D eigenvalue weighted by Gasteiger charge is 2.37. The highest BCUT2D eigenvalue weighted by atomic mass is 127. The number of para-hydroxylation sites is 2. The van der Waals surface area contributed by atoms with Gasteiger partial charge < -0.3 is 28.9 Å². The zero-order valence-corrected chi connectivity index (χ0v) is 19.4. The van der Waals surface area contributed by atoms with Crippen LogP contribution in [0.2, 0.25) is 0 Å². The summed E-state index contributed by atoms with van der Waals surface area (Å²) in [5, 5.41) is 1.24. The van der Waals surface area contributed by atoms with Crippen molar-refractivity contribution in [2.45, 2.75) is 25.8 Å². The minimum atomic E-state index is -0.00381. The van der Waals surface area contributed by atoms with Crippen molar-refractivity contribution in [1.29, 1.82) is 0 Å². The van der Waals surface area contributed by atoms with Crippen LogP contribution < -0.4 is 33.4 Å². The van der Waals surface area contributed by atoms with Crippen LogP contribution in [-0.2, 0) is 12.0 Å². The normalized spacial score (nSPS) is 16.2. The van der Waals surface area contributed by atoms with Crippen LogP contribution >= 0.6 is 0 Å². The van der Waals surface area contributed by atoms with E-state index in [0.29, 0.717) is 0 Å². The van der Waals surface area contributed by atoms with Gasteiger partial charge in [-0.05, 0) is 35.9 Å². The third kappa shape index (κ3) is 3.76. The lowest BCUT2D eigenvalue weighted by Gasteiger charge is -2.23. The summed E-state index contributed by atoms with van der Waals surface area (Å²) in [6.07, 6.45) is 8.55. The van der Waals surface area contributed by atoms with Crippen LogP contribution in [-0.4, -0.2) is 7.05 Å². The SMILES string of the molecule is C=CC[n+]1c(/C=C/C=C2\N(C)c3ccccc3C2(C)C)ccc2ccccc21.[I-]. The molecule has 0 radical (unpaired) electrons. The first-order valence-electron chi connectivity index (χ1n) is 9.78. The topological polar surface area (TPSA) is 7.12 Å². The number of halogens is 1. The maximum Gasteiger partial charge on any atom is 0.213 e. The second-order valence-electron chi connectivity index (χ2n) is 7.83. The molecule has 0 bridgehead atoms. The largest absolute Gasteiger partial charge is 1.00 e. The molecule has 0 unspecified atom stereocenters. The number of hydrogen-bond donors (Lipinski definition) is 0. The average molecular weight is 494 g/mol. The molecule has 0 aliphatic carbocycles. The number of rotatable bonds is 4. The van der Waals surface area contributed by atoms with Gasteiger partial charge in [0.05, 0.1) is 0 Å².